The van der Waals surface area contributed by atoms with E-state index in [9.17, 15) is 8.78 Å². The summed E-state index contributed by atoms with van der Waals surface area (Å²) in [6.07, 6.45) is 0. The van der Waals surface area contributed by atoms with Crippen LogP contribution in [0.4, 0.5) is 14.6 Å². The van der Waals surface area contributed by atoms with Gasteiger partial charge in [-0.1, -0.05) is 17.3 Å². The minimum atomic E-state index is -2.86. The molecule has 0 aliphatic carbocycles. The molecular weight excluding hydrogens is 230 g/mol. The minimum Gasteiger partial charge on any atom is -0.435 e. The summed E-state index contributed by atoms with van der Waals surface area (Å²) in [5, 5.41) is 3.60. The Morgan fingerprint density at radius 3 is 2.76 bits per heavy atom. The second-order valence-corrected chi connectivity index (χ2v) is 3.43. The van der Waals surface area contributed by atoms with E-state index >= 15 is 0 Å². The summed E-state index contributed by atoms with van der Waals surface area (Å²) in [6.45, 7) is -1.12. The Balaban J connectivity index is 2.36. The summed E-state index contributed by atoms with van der Waals surface area (Å²) in [5.41, 5.74) is 6.79. The van der Waals surface area contributed by atoms with Gasteiger partial charge in [0.05, 0.1) is 0 Å². The maximum absolute atomic E-state index is 12.1. The van der Waals surface area contributed by atoms with Gasteiger partial charge in [0.15, 0.2) is 11.6 Å². The van der Waals surface area contributed by atoms with Crippen LogP contribution in [0.1, 0.15) is 5.56 Å². The van der Waals surface area contributed by atoms with Crippen LogP contribution in [-0.4, -0.2) is 11.8 Å². The number of anilines is 1. The molecule has 0 amide bonds. The Morgan fingerprint density at radius 2 is 2.18 bits per heavy atom. The third-order valence-electron chi connectivity index (χ3n) is 2.28. The summed E-state index contributed by atoms with van der Waals surface area (Å²) in [6, 6.07) is 6.17. The second-order valence-electron chi connectivity index (χ2n) is 3.43. The Morgan fingerprint density at radius 1 is 1.41 bits per heavy atom. The van der Waals surface area contributed by atoms with Crippen molar-refractivity contribution in [3.8, 4) is 17.1 Å². The standard InChI is InChI=1S/C11H10F2N2O2/c1-6-9(17-15-10(6)14)7-3-2-4-8(5-7)16-11(12)13/h2-5,11H,1H3,(H2,14,15). The van der Waals surface area contributed by atoms with E-state index in [1.54, 1.807) is 19.1 Å². The molecule has 2 aromatic rings. The first-order valence-corrected chi connectivity index (χ1v) is 4.85. The SMILES string of the molecule is Cc1c(N)noc1-c1cccc(OC(F)F)c1. The van der Waals surface area contributed by atoms with Gasteiger partial charge in [-0.15, -0.1) is 0 Å². The Kier molecular flexibility index (Phi) is 2.95. The number of nitrogens with zero attached hydrogens (tertiary/aromatic N) is 1. The van der Waals surface area contributed by atoms with Gasteiger partial charge in [0.2, 0.25) is 0 Å². The quantitative estimate of drug-likeness (QED) is 0.896. The summed E-state index contributed by atoms with van der Waals surface area (Å²) < 4.78 is 33.4. The molecule has 0 saturated carbocycles. The molecule has 0 unspecified atom stereocenters. The molecule has 0 atom stereocenters. The van der Waals surface area contributed by atoms with Crippen LogP contribution in [-0.2, 0) is 0 Å². The molecule has 1 heterocycles. The van der Waals surface area contributed by atoms with Gasteiger partial charge in [0, 0.05) is 11.1 Å². The molecule has 1 aromatic heterocycles. The molecule has 0 aliphatic rings. The first-order valence-electron chi connectivity index (χ1n) is 4.85. The molecule has 1 aromatic carbocycles. The third kappa shape index (κ3) is 2.35. The zero-order valence-electron chi connectivity index (χ0n) is 8.98. The number of hydrogen-bond acceptors (Lipinski definition) is 4. The highest BCUT2D eigenvalue weighted by Gasteiger charge is 2.13. The molecule has 0 aliphatic heterocycles. The van der Waals surface area contributed by atoms with Crippen molar-refractivity contribution in [2.45, 2.75) is 13.5 Å². The van der Waals surface area contributed by atoms with Gasteiger partial charge >= 0.3 is 6.61 Å². The van der Waals surface area contributed by atoms with Crippen LogP contribution in [0, 0.1) is 6.92 Å². The van der Waals surface area contributed by atoms with Crippen LogP contribution in [0.3, 0.4) is 0 Å². The lowest BCUT2D eigenvalue weighted by atomic mass is 10.1. The van der Waals surface area contributed by atoms with E-state index in [1.807, 2.05) is 0 Å². The molecule has 0 spiro atoms. The number of alkyl halides is 2. The van der Waals surface area contributed by atoms with E-state index in [2.05, 4.69) is 9.89 Å². The van der Waals surface area contributed by atoms with Gasteiger partial charge < -0.3 is 15.0 Å². The summed E-state index contributed by atoms with van der Waals surface area (Å²) in [7, 11) is 0. The Hall–Kier alpha value is -2.11. The number of nitrogens with two attached hydrogens (primary N) is 1. The monoisotopic (exact) mass is 240 g/mol. The fourth-order valence-electron chi connectivity index (χ4n) is 1.43. The average molecular weight is 240 g/mol. The highest BCUT2D eigenvalue weighted by molar-refractivity contribution is 5.66. The van der Waals surface area contributed by atoms with Crippen molar-refractivity contribution in [1.29, 1.82) is 0 Å². The van der Waals surface area contributed by atoms with Crippen molar-refractivity contribution in [2.75, 3.05) is 5.73 Å². The highest BCUT2D eigenvalue weighted by atomic mass is 19.3. The van der Waals surface area contributed by atoms with Crippen LogP contribution < -0.4 is 10.5 Å². The maximum atomic E-state index is 12.1. The van der Waals surface area contributed by atoms with Crippen LogP contribution in [0.5, 0.6) is 5.75 Å². The summed E-state index contributed by atoms with van der Waals surface area (Å²) in [4.78, 5) is 0. The lowest BCUT2D eigenvalue weighted by Gasteiger charge is -2.05. The number of aromatic nitrogens is 1. The topological polar surface area (TPSA) is 61.3 Å². The number of rotatable bonds is 3. The normalized spacial score (nSPS) is 10.8. The van der Waals surface area contributed by atoms with Crippen molar-refractivity contribution in [3.63, 3.8) is 0 Å². The van der Waals surface area contributed by atoms with Crippen LogP contribution in [0.15, 0.2) is 28.8 Å². The Labute approximate surface area is 96.0 Å². The van der Waals surface area contributed by atoms with Crippen molar-refractivity contribution < 1.29 is 18.0 Å². The maximum Gasteiger partial charge on any atom is 0.387 e. The van der Waals surface area contributed by atoms with Crippen molar-refractivity contribution in [3.05, 3.63) is 29.8 Å². The molecule has 0 bridgehead atoms. The van der Waals surface area contributed by atoms with Gasteiger partial charge in [-0.2, -0.15) is 8.78 Å². The highest BCUT2D eigenvalue weighted by Crippen LogP contribution is 2.29. The van der Waals surface area contributed by atoms with E-state index < -0.39 is 6.61 Å². The van der Waals surface area contributed by atoms with Gasteiger partial charge in [0.1, 0.15) is 5.75 Å². The van der Waals surface area contributed by atoms with Crippen LogP contribution in [0.25, 0.3) is 11.3 Å². The second kappa shape index (κ2) is 4.40. The number of halogens is 2. The van der Waals surface area contributed by atoms with Crippen molar-refractivity contribution in [2.24, 2.45) is 0 Å². The van der Waals surface area contributed by atoms with E-state index in [4.69, 9.17) is 10.3 Å². The van der Waals surface area contributed by atoms with Crippen molar-refractivity contribution >= 4 is 5.82 Å². The molecule has 6 heteroatoms. The zero-order chi connectivity index (χ0) is 12.4. The molecule has 90 valence electrons. The molecule has 2 N–H and O–H groups in total. The molecule has 2 rings (SSSR count). The van der Waals surface area contributed by atoms with Gasteiger partial charge in [0.25, 0.3) is 0 Å². The fourth-order valence-corrected chi connectivity index (χ4v) is 1.43. The average Bonchev–Trinajstić information content (AvgIpc) is 2.59. The number of nitrogen functional groups attached to an aromatic ring is 1. The van der Waals surface area contributed by atoms with E-state index in [-0.39, 0.29) is 11.6 Å². The van der Waals surface area contributed by atoms with Gasteiger partial charge in [-0.25, -0.2) is 0 Å². The lowest BCUT2D eigenvalue weighted by Crippen LogP contribution is -2.01. The Bertz CT molecular complexity index is 526. The smallest absolute Gasteiger partial charge is 0.387 e. The molecule has 0 saturated heterocycles. The fraction of sp³-hybridized carbons (Fsp3) is 0.182. The van der Waals surface area contributed by atoms with Gasteiger partial charge in [-0.3, -0.25) is 0 Å². The molecule has 4 nitrogen and oxygen atoms in total. The number of hydrogen-bond donors (Lipinski definition) is 1. The van der Waals surface area contributed by atoms with Crippen LogP contribution in [0.2, 0.25) is 0 Å². The molecular formula is C11H10F2N2O2. The molecule has 17 heavy (non-hydrogen) atoms. The summed E-state index contributed by atoms with van der Waals surface area (Å²) >= 11 is 0. The predicted octanol–water partition coefficient (Wildman–Crippen LogP) is 2.83. The number of ether oxygens (including phenoxy) is 1. The predicted molar refractivity (Wildman–Crippen MR) is 57.7 cm³/mol. The number of benzene rings is 1. The largest absolute Gasteiger partial charge is 0.435 e. The molecule has 0 radical (unpaired) electrons. The lowest BCUT2D eigenvalue weighted by molar-refractivity contribution is -0.0498. The van der Waals surface area contributed by atoms with E-state index in [1.165, 1.54) is 12.1 Å². The summed E-state index contributed by atoms with van der Waals surface area (Å²) in [5.74, 6) is 0.786. The zero-order valence-corrected chi connectivity index (χ0v) is 8.98. The van der Waals surface area contributed by atoms with E-state index in [0.29, 0.717) is 16.9 Å². The van der Waals surface area contributed by atoms with Crippen molar-refractivity contribution in [1.82, 2.24) is 5.16 Å². The van der Waals surface area contributed by atoms with Gasteiger partial charge in [-0.05, 0) is 19.1 Å². The minimum absolute atomic E-state index is 0.0619. The van der Waals surface area contributed by atoms with E-state index in [0.717, 1.165) is 0 Å². The first-order chi connectivity index (χ1) is 8.08. The first kappa shape index (κ1) is 11.4. The van der Waals surface area contributed by atoms with Crippen LogP contribution >= 0.6 is 0 Å². The third-order valence-corrected chi connectivity index (χ3v) is 2.28. The molecule has 0 fully saturated rings.